The molecule has 0 bridgehead atoms. The van der Waals surface area contributed by atoms with Gasteiger partial charge in [-0.25, -0.2) is 9.97 Å². The van der Waals surface area contributed by atoms with E-state index in [-0.39, 0.29) is 0 Å². The summed E-state index contributed by atoms with van der Waals surface area (Å²) < 4.78 is 0. The van der Waals surface area contributed by atoms with Gasteiger partial charge in [-0.1, -0.05) is 43.3 Å². The summed E-state index contributed by atoms with van der Waals surface area (Å²) in [5, 5.41) is 8.85. The molecular weight excluding hydrogens is 282 g/mol. The second-order valence-electron chi connectivity index (χ2n) is 5.40. The van der Waals surface area contributed by atoms with Crippen LogP contribution < -0.4 is 0 Å². The zero-order valence-corrected chi connectivity index (χ0v) is 13.0. The number of hydrogen-bond donors (Lipinski definition) is 0. The largest absolute Gasteiger partial charge is 0.241 e. The summed E-state index contributed by atoms with van der Waals surface area (Å²) in [6, 6.07) is 18.1. The molecule has 1 aromatic heterocycles. The minimum atomic E-state index is 0.676. The highest BCUT2D eigenvalue weighted by molar-refractivity contribution is 5.70. The molecule has 0 unspecified atom stereocenters. The average Bonchev–Trinajstić information content (AvgIpc) is 2.63. The smallest absolute Gasteiger partial charge is 0.128 e. The minimum Gasteiger partial charge on any atom is -0.241 e. The standard InChI is InChI=1S/C20H17N3/c1-2-3-20-22-13-19(14-23-20)18-10-8-17(9-11-18)16-6-4-15(12-21)5-7-16/h4-11,13-14H,2-3H2,1H3. The molecule has 0 spiro atoms. The molecule has 1 heterocycles. The van der Waals surface area contributed by atoms with Crippen molar-refractivity contribution in [2.45, 2.75) is 19.8 Å². The summed E-state index contributed by atoms with van der Waals surface area (Å²) in [5.41, 5.74) is 5.03. The van der Waals surface area contributed by atoms with Crippen LogP contribution in [-0.2, 0) is 6.42 Å². The molecule has 0 atom stereocenters. The van der Waals surface area contributed by atoms with Gasteiger partial charge in [-0.05, 0) is 35.2 Å². The highest BCUT2D eigenvalue weighted by Crippen LogP contribution is 2.24. The Labute approximate surface area is 136 Å². The van der Waals surface area contributed by atoms with Gasteiger partial charge in [-0.15, -0.1) is 0 Å². The van der Waals surface area contributed by atoms with Crippen LogP contribution in [0.3, 0.4) is 0 Å². The Kier molecular flexibility index (Phi) is 4.44. The van der Waals surface area contributed by atoms with Crippen LogP contribution in [0.1, 0.15) is 24.7 Å². The number of benzene rings is 2. The Morgan fingerprint density at radius 1 is 0.783 bits per heavy atom. The summed E-state index contributed by atoms with van der Waals surface area (Å²) in [5.74, 6) is 0.894. The molecule has 0 saturated carbocycles. The van der Waals surface area contributed by atoms with Crippen LogP contribution in [-0.4, -0.2) is 9.97 Å². The van der Waals surface area contributed by atoms with Gasteiger partial charge in [0, 0.05) is 24.4 Å². The maximum atomic E-state index is 8.85. The van der Waals surface area contributed by atoms with Crippen LogP contribution in [0.25, 0.3) is 22.3 Å². The summed E-state index contributed by atoms with van der Waals surface area (Å²) in [6.07, 6.45) is 5.74. The van der Waals surface area contributed by atoms with Gasteiger partial charge in [-0.2, -0.15) is 5.26 Å². The summed E-state index contributed by atoms with van der Waals surface area (Å²) in [6.45, 7) is 2.12. The molecule has 0 N–H and O–H groups in total. The van der Waals surface area contributed by atoms with Crippen molar-refractivity contribution < 1.29 is 0 Å². The molecule has 0 aliphatic heterocycles. The van der Waals surface area contributed by atoms with E-state index in [1.807, 2.05) is 36.7 Å². The van der Waals surface area contributed by atoms with Gasteiger partial charge >= 0.3 is 0 Å². The lowest BCUT2D eigenvalue weighted by Crippen LogP contribution is -1.93. The first-order valence-electron chi connectivity index (χ1n) is 7.72. The summed E-state index contributed by atoms with van der Waals surface area (Å²) in [4.78, 5) is 8.81. The fourth-order valence-electron chi connectivity index (χ4n) is 2.45. The van der Waals surface area contributed by atoms with Crippen molar-refractivity contribution in [1.29, 1.82) is 5.26 Å². The molecule has 112 valence electrons. The van der Waals surface area contributed by atoms with Gasteiger partial charge in [0.1, 0.15) is 5.82 Å². The number of nitrogens with zero attached hydrogens (tertiary/aromatic N) is 3. The molecule has 0 aliphatic rings. The molecule has 0 saturated heterocycles. The highest BCUT2D eigenvalue weighted by Gasteiger charge is 2.02. The van der Waals surface area contributed by atoms with Crippen LogP contribution in [0.2, 0.25) is 0 Å². The van der Waals surface area contributed by atoms with E-state index in [2.05, 4.69) is 47.2 Å². The van der Waals surface area contributed by atoms with E-state index in [1.165, 1.54) is 0 Å². The third-order valence-electron chi connectivity index (χ3n) is 3.74. The molecule has 3 nitrogen and oxygen atoms in total. The quantitative estimate of drug-likeness (QED) is 0.705. The number of rotatable bonds is 4. The number of nitriles is 1. The predicted molar refractivity (Wildman–Crippen MR) is 91.6 cm³/mol. The first kappa shape index (κ1) is 14.9. The summed E-state index contributed by atoms with van der Waals surface area (Å²) >= 11 is 0. The SMILES string of the molecule is CCCc1ncc(-c2ccc(-c3ccc(C#N)cc3)cc2)cn1. The molecule has 2 aromatic carbocycles. The zero-order valence-electron chi connectivity index (χ0n) is 13.0. The predicted octanol–water partition coefficient (Wildman–Crippen LogP) is 4.63. The molecule has 0 radical (unpaired) electrons. The molecule has 23 heavy (non-hydrogen) atoms. The lowest BCUT2D eigenvalue weighted by atomic mass is 10.0. The molecule has 0 fully saturated rings. The van der Waals surface area contributed by atoms with E-state index < -0.39 is 0 Å². The van der Waals surface area contributed by atoms with Crippen molar-refractivity contribution >= 4 is 0 Å². The van der Waals surface area contributed by atoms with Crippen LogP contribution in [0.5, 0.6) is 0 Å². The molecular formula is C20H17N3. The lowest BCUT2D eigenvalue weighted by Gasteiger charge is -2.05. The topological polar surface area (TPSA) is 49.6 Å². The van der Waals surface area contributed by atoms with Gasteiger partial charge in [0.2, 0.25) is 0 Å². The van der Waals surface area contributed by atoms with Crippen molar-refractivity contribution in [3.05, 3.63) is 72.3 Å². The van der Waals surface area contributed by atoms with Crippen molar-refractivity contribution in [1.82, 2.24) is 9.97 Å². The third-order valence-corrected chi connectivity index (χ3v) is 3.74. The van der Waals surface area contributed by atoms with Crippen LogP contribution >= 0.6 is 0 Å². The van der Waals surface area contributed by atoms with E-state index in [0.29, 0.717) is 5.56 Å². The van der Waals surface area contributed by atoms with E-state index in [9.17, 15) is 0 Å². The highest BCUT2D eigenvalue weighted by atomic mass is 14.9. The van der Waals surface area contributed by atoms with Crippen molar-refractivity contribution in [2.24, 2.45) is 0 Å². The van der Waals surface area contributed by atoms with E-state index in [1.54, 1.807) is 0 Å². The van der Waals surface area contributed by atoms with Crippen LogP contribution in [0.15, 0.2) is 60.9 Å². The minimum absolute atomic E-state index is 0.676. The molecule has 3 rings (SSSR count). The maximum absolute atomic E-state index is 8.85. The Hall–Kier alpha value is -2.99. The average molecular weight is 299 g/mol. The fourth-order valence-corrected chi connectivity index (χ4v) is 2.45. The first-order chi connectivity index (χ1) is 11.3. The second-order valence-corrected chi connectivity index (χ2v) is 5.40. The van der Waals surface area contributed by atoms with Gasteiger partial charge in [-0.3, -0.25) is 0 Å². The first-order valence-corrected chi connectivity index (χ1v) is 7.72. The number of aryl methyl sites for hydroxylation is 1. The summed E-state index contributed by atoms with van der Waals surface area (Å²) in [7, 11) is 0. The van der Waals surface area contributed by atoms with Crippen molar-refractivity contribution in [3.63, 3.8) is 0 Å². The Morgan fingerprint density at radius 2 is 1.26 bits per heavy atom. The van der Waals surface area contributed by atoms with Gasteiger partial charge in [0.05, 0.1) is 11.6 Å². The molecule has 0 amide bonds. The Bertz CT molecular complexity index is 811. The number of aromatic nitrogens is 2. The normalized spacial score (nSPS) is 10.3. The third kappa shape index (κ3) is 3.44. The van der Waals surface area contributed by atoms with E-state index in [0.717, 1.165) is 40.9 Å². The van der Waals surface area contributed by atoms with E-state index >= 15 is 0 Å². The second kappa shape index (κ2) is 6.85. The van der Waals surface area contributed by atoms with Gasteiger partial charge < -0.3 is 0 Å². The molecule has 3 aromatic rings. The fraction of sp³-hybridized carbons (Fsp3) is 0.150. The zero-order chi connectivity index (χ0) is 16.1. The number of hydrogen-bond acceptors (Lipinski definition) is 3. The van der Waals surface area contributed by atoms with Gasteiger partial charge in [0.25, 0.3) is 0 Å². The van der Waals surface area contributed by atoms with E-state index in [4.69, 9.17) is 5.26 Å². The monoisotopic (exact) mass is 299 g/mol. The molecule has 0 aliphatic carbocycles. The van der Waals surface area contributed by atoms with Gasteiger partial charge in [0.15, 0.2) is 0 Å². The van der Waals surface area contributed by atoms with Crippen molar-refractivity contribution in [3.8, 4) is 28.3 Å². The lowest BCUT2D eigenvalue weighted by molar-refractivity contribution is 0.835. The van der Waals surface area contributed by atoms with Crippen molar-refractivity contribution in [2.75, 3.05) is 0 Å². The maximum Gasteiger partial charge on any atom is 0.128 e. The van der Waals surface area contributed by atoms with Crippen LogP contribution in [0, 0.1) is 11.3 Å². The molecule has 3 heteroatoms. The Morgan fingerprint density at radius 3 is 1.74 bits per heavy atom. The Balaban J connectivity index is 1.82. The van der Waals surface area contributed by atoms with Crippen LogP contribution in [0.4, 0.5) is 0 Å².